The highest BCUT2D eigenvalue weighted by Gasteiger charge is 2.25. The van der Waals surface area contributed by atoms with Crippen LogP contribution in [-0.2, 0) is 23.1 Å². The normalized spacial score (nSPS) is 14.3. The molecule has 2 amide bonds. The van der Waals surface area contributed by atoms with Crippen molar-refractivity contribution in [1.82, 2.24) is 15.4 Å². The van der Waals surface area contributed by atoms with Crippen LogP contribution >= 0.6 is 0 Å². The lowest BCUT2D eigenvalue weighted by Crippen LogP contribution is -2.49. The molecule has 0 atom stereocenters. The molecule has 232 valence electrons. The van der Waals surface area contributed by atoms with Gasteiger partial charge in [0.25, 0.3) is 0 Å². The number of piperidine rings is 1. The van der Waals surface area contributed by atoms with Crippen LogP contribution in [-0.4, -0.2) is 49.9 Å². The van der Waals surface area contributed by atoms with Gasteiger partial charge >= 0.3 is 6.03 Å². The van der Waals surface area contributed by atoms with Gasteiger partial charge in [-0.25, -0.2) is 17.6 Å². The first-order valence-corrected chi connectivity index (χ1v) is 16.2. The number of urea groups is 1. The number of halogens is 1. The SMILES string of the molecule is Cc1noc(C)c1CN(C(=O)NC1CCN(Cc2ccc(Oc3ccc(NS(C)(=O)=O)cc3)cc2)CC1)c1ccc(F)cc1. The number of hydrogen-bond acceptors (Lipinski definition) is 7. The monoisotopic (exact) mass is 621 g/mol. The summed E-state index contributed by atoms with van der Waals surface area (Å²) in [6.45, 7) is 6.36. The van der Waals surface area contributed by atoms with Crippen LogP contribution in [0.1, 0.15) is 35.4 Å². The minimum absolute atomic E-state index is 0.0150. The molecule has 1 fully saturated rings. The lowest BCUT2D eigenvalue weighted by molar-refractivity contribution is 0.188. The van der Waals surface area contributed by atoms with Crippen LogP contribution in [0.3, 0.4) is 0 Å². The molecule has 5 rings (SSSR count). The Morgan fingerprint density at radius 3 is 2.18 bits per heavy atom. The quantitative estimate of drug-likeness (QED) is 0.224. The maximum absolute atomic E-state index is 13.6. The lowest BCUT2D eigenvalue weighted by atomic mass is 10.0. The van der Waals surface area contributed by atoms with Crippen LogP contribution in [0.15, 0.2) is 77.3 Å². The largest absolute Gasteiger partial charge is 0.457 e. The lowest BCUT2D eigenvalue weighted by Gasteiger charge is -2.34. The van der Waals surface area contributed by atoms with Gasteiger partial charge in [-0.05, 0) is 92.9 Å². The topological polar surface area (TPSA) is 117 Å². The summed E-state index contributed by atoms with van der Waals surface area (Å²) >= 11 is 0. The zero-order chi connectivity index (χ0) is 31.3. The van der Waals surface area contributed by atoms with E-state index in [4.69, 9.17) is 9.26 Å². The van der Waals surface area contributed by atoms with Gasteiger partial charge in [0.15, 0.2) is 0 Å². The summed E-state index contributed by atoms with van der Waals surface area (Å²) in [5, 5.41) is 7.18. The molecule has 0 spiro atoms. The number of rotatable bonds is 10. The molecule has 0 aliphatic carbocycles. The molecule has 3 aromatic carbocycles. The number of nitrogens with zero attached hydrogens (tertiary/aromatic N) is 3. The summed E-state index contributed by atoms with van der Waals surface area (Å²) in [6, 6.07) is 20.2. The van der Waals surface area contributed by atoms with Crippen molar-refractivity contribution in [3.8, 4) is 11.5 Å². The van der Waals surface area contributed by atoms with E-state index in [1.54, 1.807) is 41.3 Å². The van der Waals surface area contributed by atoms with Gasteiger partial charge < -0.3 is 14.6 Å². The van der Waals surface area contributed by atoms with E-state index >= 15 is 0 Å². The van der Waals surface area contributed by atoms with Gasteiger partial charge in [0, 0.05) is 42.6 Å². The van der Waals surface area contributed by atoms with Crippen LogP contribution in [0.4, 0.5) is 20.6 Å². The standard InChI is InChI=1S/C32H36FN5O5S/c1-22-31(23(2)43-35-22)21-38(28-10-6-25(33)7-11-28)32(39)34-26-16-18-37(19-17-26)20-24-4-12-29(13-5-24)42-30-14-8-27(9-15-30)36-44(3,40)41/h4-15,26,36H,16-21H2,1-3H3,(H,34,39). The molecule has 44 heavy (non-hydrogen) atoms. The zero-order valence-corrected chi connectivity index (χ0v) is 25.7. The van der Waals surface area contributed by atoms with Crippen molar-refractivity contribution < 1.29 is 26.9 Å². The molecule has 0 bridgehead atoms. The highest BCUT2D eigenvalue weighted by molar-refractivity contribution is 7.92. The van der Waals surface area contributed by atoms with E-state index in [-0.39, 0.29) is 24.4 Å². The Hall–Kier alpha value is -4.42. The zero-order valence-electron chi connectivity index (χ0n) is 24.9. The van der Waals surface area contributed by atoms with Crippen molar-refractivity contribution in [2.75, 3.05) is 29.0 Å². The van der Waals surface area contributed by atoms with Crippen LogP contribution in [0.5, 0.6) is 11.5 Å². The van der Waals surface area contributed by atoms with Gasteiger partial charge in [0.1, 0.15) is 23.1 Å². The number of carbonyl (C=O) groups excluding carboxylic acids is 1. The van der Waals surface area contributed by atoms with Gasteiger partial charge in [-0.1, -0.05) is 17.3 Å². The summed E-state index contributed by atoms with van der Waals surface area (Å²) in [5.74, 6) is 1.57. The van der Waals surface area contributed by atoms with E-state index < -0.39 is 10.0 Å². The first-order chi connectivity index (χ1) is 21.0. The maximum atomic E-state index is 13.6. The van der Waals surface area contributed by atoms with E-state index in [2.05, 4.69) is 20.1 Å². The molecule has 1 aromatic heterocycles. The highest BCUT2D eigenvalue weighted by atomic mass is 32.2. The maximum Gasteiger partial charge on any atom is 0.322 e. The second kappa shape index (κ2) is 13.5. The summed E-state index contributed by atoms with van der Waals surface area (Å²) in [6.07, 6.45) is 2.72. The minimum atomic E-state index is -3.33. The third kappa shape index (κ3) is 8.35. The van der Waals surface area contributed by atoms with Crippen molar-refractivity contribution in [2.45, 2.75) is 45.8 Å². The summed E-state index contributed by atoms with van der Waals surface area (Å²) in [5.41, 5.74) is 3.76. The smallest absolute Gasteiger partial charge is 0.322 e. The number of carbonyl (C=O) groups is 1. The molecular formula is C32H36FN5O5S. The number of amides is 2. The average Bonchev–Trinajstić information content (AvgIpc) is 3.31. The molecule has 4 aromatic rings. The summed E-state index contributed by atoms with van der Waals surface area (Å²) in [4.78, 5) is 17.4. The van der Waals surface area contributed by atoms with Crippen molar-refractivity contribution in [1.29, 1.82) is 0 Å². The molecule has 0 radical (unpaired) electrons. The second-order valence-electron chi connectivity index (χ2n) is 11.0. The highest BCUT2D eigenvalue weighted by Crippen LogP contribution is 2.25. The fourth-order valence-corrected chi connectivity index (χ4v) is 5.70. The fourth-order valence-electron chi connectivity index (χ4n) is 5.14. The molecule has 2 heterocycles. The van der Waals surface area contributed by atoms with E-state index in [1.807, 2.05) is 38.1 Å². The van der Waals surface area contributed by atoms with Crippen molar-refractivity contribution in [3.63, 3.8) is 0 Å². The number of hydrogen-bond donors (Lipinski definition) is 2. The minimum Gasteiger partial charge on any atom is -0.457 e. The molecular weight excluding hydrogens is 585 g/mol. The number of nitrogens with one attached hydrogen (secondary N) is 2. The van der Waals surface area contributed by atoms with Crippen LogP contribution in [0.25, 0.3) is 0 Å². The number of benzene rings is 3. The first kappa shape index (κ1) is 31.0. The Morgan fingerprint density at radius 2 is 1.61 bits per heavy atom. The number of sulfonamides is 1. The Balaban J connectivity index is 1.12. The van der Waals surface area contributed by atoms with E-state index in [9.17, 15) is 17.6 Å². The average molecular weight is 622 g/mol. The molecule has 1 saturated heterocycles. The number of aryl methyl sites for hydroxylation is 2. The van der Waals surface area contributed by atoms with Gasteiger partial charge in [-0.15, -0.1) is 0 Å². The Kier molecular flexibility index (Phi) is 9.50. The van der Waals surface area contributed by atoms with E-state index in [0.29, 0.717) is 34.3 Å². The molecule has 2 N–H and O–H groups in total. The van der Waals surface area contributed by atoms with Crippen molar-refractivity contribution in [3.05, 3.63) is 101 Å². The molecule has 1 aliphatic heterocycles. The predicted molar refractivity (Wildman–Crippen MR) is 167 cm³/mol. The Bertz CT molecular complexity index is 1650. The van der Waals surface area contributed by atoms with Gasteiger partial charge in [0.2, 0.25) is 10.0 Å². The van der Waals surface area contributed by atoms with Crippen molar-refractivity contribution >= 4 is 27.4 Å². The Labute approximate surface area is 256 Å². The number of likely N-dealkylation sites (tertiary alicyclic amines) is 1. The summed E-state index contributed by atoms with van der Waals surface area (Å²) in [7, 11) is -3.33. The fraction of sp³-hybridized carbons (Fsp3) is 0.312. The second-order valence-corrected chi connectivity index (χ2v) is 12.8. The van der Waals surface area contributed by atoms with Crippen LogP contribution in [0.2, 0.25) is 0 Å². The molecule has 10 nitrogen and oxygen atoms in total. The first-order valence-electron chi connectivity index (χ1n) is 14.3. The number of aromatic nitrogens is 1. The number of anilines is 2. The Morgan fingerprint density at radius 1 is 1.00 bits per heavy atom. The van der Waals surface area contributed by atoms with E-state index in [0.717, 1.165) is 49.9 Å². The van der Waals surface area contributed by atoms with Gasteiger partial charge in [-0.3, -0.25) is 14.5 Å². The van der Waals surface area contributed by atoms with Gasteiger partial charge in [-0.2, -0.15) is 0 Å². The van der Waals surface area contributed by atoms with Crippen LogP contribution < -0.4 is 19.7 Å². The third-order valence-corrected chi connectivity index (χ3v) is 8.13. The molecule has 0 saturated carbocycles. The number of ether oxygens (including phenoxy) is 1. The molecule has 12 heteroatoms. The molecule has 1 aliphatic rings. The third-order valence-electron chi connectivity index (χ3n) is 7.52. The molecule has 0 unspecified atom stereocenters. The van der Waals surface area contributed by atoms with E-state index in [1.165, 1.54) is 12.1 Å². The van der Waals surface area contributed by atoms with Crippen LogP contribution in [0, 0.1) is 19.7 Å². The summed E-state index contributed by atoms with van der Waals surface area (Å²) < 4.78 is 50.0. The van der Waals surface area contributed by atoms with Gasteiger partial charge in [0.05, 0.1) is 18.5 Å². The van der Waals surface area contributed by atoms with Crippen molar-refractivity contribution in [2.24, 2.45) is 0 Å². The predicted octanol–water partition coefficient (Wildman–Crippen LogP) is 5.98.